The molecule has 8 aromatic rings. The van der Waals surface area contributed by atoms with Crippen LogP contribution in [0.4, 0.5) is 34.0 Å². The molecule has 35 heteroatoms. The number of benzene rings is 2. The molecule has 19 rings (SSSR count). The van der Waals surface area contributed by atoms with Crippen molar-refractivity contribution in [2.75, 3.05) is 104 Å². The smallest absolute Gasteiger partial charge is 0.264 e. The van der Waals surface area contributed by atoms with Crippen LogP contribution in [0.25, 0.3) is 0 Å². The maximum absolute atomic E-state index is 14.6. The summed E-state index contributed by atoms with van der Waals surface area (Å²) < 4.78 is 32.7. The van der Waals surface area contributed by atoms with E-state index in [0.29, 0.717) is 147 Å². The minimum absolute atomic E-state index is 0.00903. The lowest BCUT2D eigenvalue weighted by Crippen LogP contribution is -2.51. The number of nitrogens with zero attached hydrogens (tertiary/aromatic N) is 18. The summed E-state index contributed by atoms with van der Waals surface area (Å²) in [5, 5.41) is 5.27. The van der Waals surface area contributed by atoms with Crippen molar-refractivity contribution in [1.82, 2.24) is 48.2 Å². The van der Waals surface area contributed by atoms with Crippen molar-refractivity contribution in [1.29, 1.82) is 0 Å². The molecule has 646 valence electrons. The first-order valence-electron chi connectivity index (χ1n) is 42.0. The van der Waals surface area contributed by atoms with Gasteiger partial charge in [-0.25, -0.2) is 29.3 Å². The summed E-state index contributed by atoms with van der Waals surface area (Å²) in [6.45, 7) is 21.0. The van der Waals surface area contributed by atoms with E-state index in [1.54, 1.807) is 66.5 Å². The number of pyridine rings is 2. The molecule has 1 aliphatic carbocycles. The van der Waals surface area contributed by atoms with Crippen LogP contribution in [0, 0.1) is 34.4 Å². The third-order valence-corrected chi connectivity index (χ3v) is 29.5. The monoisotopic (exact) mass is 1760 g/mol. The summed E-state index contributed by atoms with van der Waals surface area (Å²) in [5.74, 6) is 2.76. The number of fused-ring (bicyclic) bond motifs is 4. The lowest BCUT2D eigenvalue weighted by Gasteiger charge is -2.41. The molecule has 11 aliphatic rings. The molecule has 2 aromatic carbocycles. The molecule has 0 unspecified atom stereocenters. The van der Waals surface area contributed by atoms with Gasteiger partial charge in [-0.2, -0.15) is 0 Å². The maximum Gasteiger partial charge on any atom is 0.264 e. The molecule has 122 heavy (non-hydrogen) atoms. The highest BCUT2D eigenvalue weighted by molar-refractivity contribution is 6.45. The second-order valence-electron chi connectivity index (χ2n) is 35.1. The number of nitrogens with two attached hydrogens (primary N) is 4. The van der Waals surface area contributed by atoms with Crippen LogP contribution >= 0.6 is 58.0 Å². The average molecular weight is 1770 g/mol. The second-order valence-corrected chi connectivity index (χ2v) is 37.1. The number of aromatic nitrogens is 10. The molecule has 0 amide bonds. The Labute approximate surface area is 732 Å². The van der Waals surface area contributed by atoms with Gasteiger partial charge in [-0.3, -0.25) is 62.4 Å². The van der Waals surface area contributed by atoms with E-state index in [-0.39, 0.29) is 102 Å². The zero-order valence-corrected chi connectivity index (χ0v) is 74.1. The Morgan fingerprint density at radius 2 is 0.869 bits per heavy atom. The number of rotatable bonds is 12. The molecule has 6 saturated heterocycles. The normalized spacial score (nSPS) is 21.9. The quantitative estimate of drug-likeness (QED) is 0.0710. The van der Waals surface area contributed by atoms with Gasteiger partial charge in [-0.15, -0.1) is 0 Å². The molecular formula is C87H105Cl5FN23O6. The summed E-state index contributed by atoms with van der Waals surface area (Å²) in [7, 11) is 7.02. The van der Waals surface area contributed by atoms with Gasteiger partial charge in [0.25, 0.3) is 22.2 Å². The number of ether oxygens (including phenoxy) is 2. The number of piperidine rings is 4. The molecular weight excluding hydrogens is 1660 g/mol. The lowest BCUT2D eigenvalue weighted by molar-refractivity contribution is 0.0972. The highest BCUT2D eigenvalue weighted by Gasteiger charge is 2.50. The number of anilines is 5. The number of hydrogen-bond acceptors (Lipinski definition) is 25. The van der Waals surface area contributed by atoms with Gasteiger partial charge in [0.2, 0.25) is 23.8 Å². The lowest BCUT2D eigenvalue weighted by atomic mass is 9.73. The van der Waals surface area contributed by atoms with Gasteiger partial charge in [0.15, 0.2) is 0 Å². The van der Waals surface area contributed by atoms with Crippen molar-refractivity contribution >= 4 is 110 Å². The van der Waals surface area contributed by atoms with Crippen LogP contribution in [0.5, 0.6) is 0 Å². The third-order valence-electron chi connectivity index (χ3n) is 27.5. The van der Waals surface area contributed by atoms with Crippen molar-refractivity contribution in [2.45, 2.75) is 162 Å². The Kier molecular flexibility index (Phi) is 24.5. The van der Waals surface area contributed by atoms with Crippen molar-refractivity contribution < 1.29 is 13.9 Å². The first-order valence-corrected chi connectivity index (χ1v) is 43.9. The molecule has 9 N–H and O–H groups in total. The standard InChI is InChI=1S/C25H32ClN7O2.C22H24Cl2FN5O2.C21H26ClN5O.C19H23ClN6O/c1-14-21(27)25(13-35-14)7-10-33(11-8-25)24-31-17-12-29-20(18(17)23(34)32(24)2)16-6-9-28-22(19(16)26)30-15-4-3-5-15;1-11-19(26)22(10-32-11)5-7-30(8-6-22)21-28-14-9-27-18(16(14)20(31)29(21)2)15-13(25)4-3-12(23)17(15)24;1-13-5-4-6-14(17(13)22)18-16-15(11-24-18)25-20(26(3)19(16)28)27-9-7-21(2,12-23)8-10-27;1-19(11-21)4-7-26(8-5-19)18-24-14-10-23-16(15(14)17(27)25(18)2)12-3-6-22-9-13(12)20/h6,9,14-15,21H,3-5,7-8,10-13,27H2,1-2H3,(H,28,30);3-4,11,19H,5-10,26H2,1-2H3;4-6H,7-12,23H2,1-3H3;3,6,9H,4-5,7-8,10-11,21H2,1-2H3/t14-,21+;11-,19+;;/m00../s1. The van der Waals surface area contributed by atoms with Crippen LogP contribution in [-0.4, -0.2) is 180 Å². The predicted molar refractivity (Wildman–Crippen MR) is 479 cm³/mol. The first kappa shape index (κ1) is 86.6. The van der Waals surface area contributed by atoms with Crippen LogP contribution in [0.15, 0.2) is 100 Å². The second kappa shape index (κ2) is 34.5. The van der Waals surface area contributed by atoms with E-state index >= 15 is 0 Å². The Morgan fingerprint density at radius 3 is 1.25 bits per heavy atom. The van der Waals surface area contributed by atoms with Crippen LogP contribution in [0.2, 0.25) is 25.1 Å². The number of aryl methyl sites for hydroxylation is 1. The Bertz CT molecular complexity index is 5830. The topological polar surface area (TPSA) is 362 Å². The van der Waals surface area contributed by atoms with Gasteiger partial charge in [0, 0.05) is 145 Å². The van der Waals surface area contributed by atoms with Gasteiger partial charge >= 0.3 is 0 Å². The molecule has 29 nitrogen and oxygen atoms in total. The molecule has 1 saturated carbocycles. The average Bonchev–Trinajstić information content (AvgIpc) is 1.57. The van der Waals surface area contributed by atoms with E-state index < -0.39 is 5.82 Å². The fourth-order valence-electron chi connectivity index (χ4n) is 18.6. The van der Waals surface area contributed by atoms with Gasteiger partial charge in [0.05, 0.1) is 150 Å². The Hall–Kier alpha value is -8.92. The Balaban J connectivity index is 0.000000121. The van der Waals surface area contributed by atoms with Crippen molar-refractivity contribution in [3.05, 3.63) is 206 Å². The highest BCUT2D eigenvalue weighted by Crippen LogP contribution is 2.45. The van der Waals surface area contributed by atoms with Gasteiger partial charge in [-0.1, -0.05) is 90.1 Å². The van der Waals surface area contributed by atoms with E-state index in [4.69, 9.17) is 115 Å². The minimum atomic E-state index is -0.581. The molecule has 10 aliphatic heterocycles. The van der Waals surface area contributed by atoms with Crippen molar-refractivity contribution in [3.63, 3.8) is 0 Å². The number of aliphatic imine (C=N–C) groups is 4. The Morgan fingerprint density at radius 1 is 0.484 bits per heavy atom. The summed E-state index contributed by atoms with van der Waals surface area (Å²) >= 11 is 31.8. The molecule has 7 fully saturated rings. The molecule has 2 spiro atoms. The van der Waals surface area contributed by atoms with Crippen LogP contribution < -0.4 is 70.1 Å². The summed E-state index contributed by atoms with van der Waals surface area (Å²) in [4.78, 5) is 108. The summed E-state index contributed by atoms with van der Waals surface area (Å²) in [6.07, 6.45) is 16.1. The molecule has 4 atom stereocenters. The maximum atomic E-state index is 14.6. The molecule has 6 aromatic heterocycles. The predicted octanol–water partition coefficient (Wildman–Crippen LogP) is 9.79. The van der Waals surface area contributed by atoms with Gasteiger partial charge < -0.3 is 57.3 Å². The number of nitrogens with one attached hydrogen (secondary N) is 1. The zero-order chi connectivity index (χ0) is 86.3. The van der Waals surface area contributed by atoms with Crippen molar-refractivity contribution in [2.24, 2.45) is 92.8 Å². The minimum Gasteiger partial charge on any atom is -0.376 e. The fraction of sp³-hybridized carbons (Fsp3) is 0.517. The molecule has 0 bridgehead atoms. The largest absolute Gasteiger partial charge is 0.376 e. The molecule has 0 radical (unpaired) electrons. The summed E-state index contributed by atoms with van der Waals surface area (Å²) in [6, 6.07) is 12.5. The highest BCUT2D eigenvalue weighted by atomic mass is 35.5. The van der Waals surface area contributed by atoms with E-state index in [2.05, 4.69) is 70.6 Å². The third kappa shape index (κ3) is 15.9. The van der Waals surface area contributed by atoms with E-state index in [0.717, 1.165) is 145 Å². The van der Waals surface area contributed by atoms with E-state index in [9.17, 15) is 23.6 Å². The van der Waals surface area contributed by atoms with Crippen LogP contribution in [0.3, 0.4) is 0 Å². The summed E-state index contributed by atoms with van der Waals surface area (Å²) in [5.41, 5.74) is 34.4. The SMILES string of the molecule is C[C@@H]1OCC2(CCN(c3nc4c(c(=O)n3C)C(c3c(F)ccc(Cl)c3Cl)=NC4)CC2)[C@@H]1N.C[C@@H]1OCC2(CCN(c3nc4c(c(=O)n3C)C(c3ccnc(NC5CCC5)c3Cl)=NC4)CC2)[C@@H]1N.Cc1cccc(C2=NCc3nc(N4CCC(C)(CN)CC4)n(C)c(=O)c32)c1Cl.Cn1c(N2CCC(C)(CN)CC2)nc2c(c1=O)C(c1ccncc1Cl)=NC2. The first-order chi connectivity index (χ1) is 58.4. The van der Waals surface area contributed by atoms with E-state index in [1.165, 1.54) is 23.1 Å². The van der Waals surface area contributed by atoms with Crippen LogP contribution in [0.1, 0.15) is 171 Å². The number of halogens is 6. The van der Waals surface area contributed by atoms with E-state index in [1.807, 2.05) is 38.1 Å². The van der Waals surface area contributed by atoms with Gasteiger partial charge in [0.1, 0.15) is 11.6 Å². The number of hydrogen-bond donors (Lipinski definition) is 5. The van der Waals surface area contributed by atoms with Crippen molar-refractivity contribution in [3.8, 4) is 0 Å². The molecule has 16 heterocycles. The van der Waals surface area contributed by atoms with Crippen LogP contribution in [-0.2, 0) is 63.8 Å². The zero-order valence-electron chi connectivity index (χ0n) is 70.3. The fourth-order valence-corrected chi connectivity index (χ4v) is 19.7. The van der Waals surface area contributed by atoms with Gasteiger partial charge in [-0.05, 0) is 145 Å².